The molecule has 0 spiro atoms. The third-order valence-electron chi connectivity index (χ3n) is 3.96. The Morgan fingerprint density at radius 2 is 1.72 bits per heavy atom. The van der Waals surface area contributed by atoms with E-state index in [0.717, 1.165) is 5.56 Å². The molecule has 0 bridgehead atoms. The van der Waals surface area contributed by atoms with Gasteiger partial charge in [-0.25, -0.2) is 0 Å². The van der Waals surface area contributed by atoms with Gasteiger partial charge in [-0.2, -0.15) is 8.78 Å². The van der Waals surface area contributed by atoms with Crippen molar-refractivity contribution in [3.63, 3.8) is 0 Å². The van der Waals surface area contributed by atoms with Crippen molar-refractivity contribution in [3.8, 4) is 5.75 Å². The highest BCUT2D eigenvalue weighted by Crippen LogP contribution is 2.20. The predicted molar refractivity (Wildman–Crippen MR) is 107 cm³/mol. The molecule has 0 saturated carbocycles. The monoisotopic (exact) mass is 425 g/mol. The molecule has 9 heteroatoms. The van der Waals surface area contributed by atoms with Crippen LogP contribution in [-0.2, 0) is 16.1 Å². The lowest BCUT2D eigenvalue weighted by Crippen LogP contribution is -2.40. The van der Waals surface area contributed by atoms with Gasteiger partial charge in [0.15, 0.2) is 0 Å². The lowest BCUT2D eigenvalue weighted by molar-refractivity contribution is -0.134. The first-order chi connectivity index (χ1) is 13.7. The normalized spacial score (nSPS) is 10.9. The maximum Gasteiger partial charge on any atom is 0.387 e. The van der Waals surface area contributed by atoms with E-state index in [1.807, 2.05) is 0 Å². The molecule has 0 unspecified atom stereocenters. The van der Waals surface area contributed by atoms with Gasteiger partial charge < -0.3 is 15.0 Å². The van der Waals surface area contributed by atoms with Gasteiger partial charge in [0.25, 0.3) is 0 Å². The quantitative estimate of drug-likeness (QED) is 0.668. The first-order valence-corrected chi connectivity index (χ1v) is 9.13. The topological polar surface area (TPSA) is 61.9 Å². The van der Waals surface area contributed by atoms with Crippen LogP contribution in [0.15, 0.2) is 48.5 Å². The van der Waals surface area contributed by atoms with Crippen molar-refractivity contribution in [1.82, 2.24) is 9.80 Å². The molecule has 6 nitrogen and oxygen atoms in total. The van der Waals surface area contributed by atoms with Crippen LogP contribution in [-0.4, -0.2) is 55.4 Å². The maximum absolute atomic E-state index is 12.3. The SMILES string of the molecule is CN(CC(=O)N(C)CC(=O)Nc1ccccc1Cl)Cc1ccc(OC(F)F)cc1. The summed E-state index contributed by atoms with van der Waals surface area (Å²) in [7, 11) is 3.29. The van der Waals surface area contributed by atoms with Crippen molar-refractivity contribution in [3.05, 3.63) is 59.1 Å². The van der Waals surface area contributed by atoms with Crippen LogP contribution < -0.4 is 10.1 Å². The van der Waals surface area contributed by atoms with Gasteiger partial charge in [0.05, 0.1) is 23.8 Å². The smallest absolute Gasteiger partial charge is 0.387 e. The van der Waals surface area contributed by atoms with Crippen molar-refractivity contribution in [1.29, 1.82) is 0 Å². The molecule has 0 aliphatic carbocycles. The highest BCUT2D eigenvalue weighted by atomic mass is 35.5. The van der Waals surface area contributed by atoms with E-state index in [4.69, 9.17) is 11.6 Å². The summed E-state index contributed by atoms with van der Waals surface area (Å²) in [5.41, 5.74) is 1.32. The van der Waals surface area contributed by atoms with Gasteiger partial charge in [-0.1, -0.05) is 35.9 Å². The summed E-state index contributed by atoms with van der Waals surface area (Å²) in [6.45, 7) is -2.46. The van der Waals surface area contributed by atoms with Crippen molar-refractivity contribution in [2.75, 3.05) is 32.5 Å². The Morgan fingerprint density at radius 3 is 2.34 bits per heavy atom. The van der Waals surface area contributed by atoms with Crippen LogP contribution >= 0.6 is 11.6 Å². The first-order valence-electron chi connectivity index (χ1n) is 8.75. The highest BCUT2D eigenvalue weighted by Gasteiger charge is 2.16. The minimum absolute atomic E-state index is 0.0757. The average Bonchev–Trinajstić information content (AvgIpc) is 2.64. The Kier molecular flexibility index (Phi) is 8.35. The van der Waals surface area contributed by atoms with E-state index in [0.29, 0.717) is 17.3 Å². The molecule has 2 aromatic carbocycles. The molecule has 0 radical (unpaired) electrons. The van der Waals surface area contributed by atoms with Crippen LogP contribution in [0.25, 0.3) is 0 Å². The van der Waals surface area contributed by atoms with Crippen LogP contribution in [0.2, 0.25) is 5.02 Å². The number of alkyl halides is 2. The molecule has 2 rings (SSSR count). The molecule has 0 fully saturated rings. The number of likely N-dealkylation sites (N-methyl/N-ethyl adjacent to an activating group) is 2. The number of nitrogens with zero attached hydrogens (tertiary/aromatic N) is 2. The van der Waals surface area contributed by atoms with Gasteiger partial charge in [-0.15, -0.1) is 0 Å². The van der Waals surface area contributed by atoms with Crippen molar-refractivity contribution < 1.29 is 23.1 Å². The summed E-state index contributed by atoms with van der Waals surface area (Å²) < 4.78 is 28.7. The molecule has 0 aromatic heterocycles. The summed E-state index contributed by atoms with van der Waals surface area (Å²) in [5, 5.41) is 3.08. The fraction of sp³-hybridized carbons (Fsp3) is 0.300. The number of hydrogen-bond acceptors (Lipinski definition) is 4. The summed E-state index contributed by atoms with van der Waals surface area (Å²) in [6, 6.07) is 13.0. The zero-order chi connectivity index (χ0) is 21.4. The van der Waals surface area contributed by atoms with Crippen molar-refractivity contribution in [2.24, 2.45) is 0 Å². The molecule has 0 heterocycles. The molecule has 0 atom stereocenters. The molecule has 2 amide bonds. The van der Waals surface area contributed by atoms with E-state index in [2.05, 4.69) is 10.1 Å². The van der Waals surface area contributed by atoms with E-state index in [1.54, 1.807) is 55.4 Å². The fourth-order valence-corrected chi connectivity index (χ4v) is 2.73. The number of anilines is 1. The van der Waals surface area contributed by atoms with Crippen molar-refractivity contribution >= 4 is 29.1 Å². The van der Waals surface area contributed by atoms with Gasteiger partial charge in [0.1, 0.15) is 5.75 Å². The third kappa shape index (κ3) is 7.67. The number of carbonyl (C=O) groups is 2. The molecule has 0 saturated heterocycles. The zero-order valence-corrected chi connectivity index (χ0v) is 16.8. The Bertz CT molecular complexity index is 834. The maximum atomic E-state index is 12.3. The molecule has 2 aromatic rings. The number of para-hydroxylation sites is 1. The molecular weight excluding hydrogens is 404 g/mol. The average molecular weight is 426 g/mol. The van der Waals surface area contributed by atoms with Crippen LogP contribution in [0.4, 0.5) is 14.5 Å². The Balaban J connectivity index is 1.80. The standard InChI is InChI=1S/C20H22ClF2N3O3/c1-25(11-14-7-9-15(10-8-14)29-20(22)23)13-19(28)26(2)12-18(27)24-17-6-4-3-5-16(17)21/h3-10,20H,11-13H2,1-2H3,(H,24,27). The lowest BCUT2D eigenvalue weighted by atomic mass is 10.2. The van der Waals surface area contributed by atoms with Gasteiger partial charge in [0, 0.05) is 13.6 Å². The summed E-state index contributed by atoms with van der Waals surface area (Å²) in [4.78, 5) is 27.6. The summed E-state index contributed by atoms with van der Waals surface area (Å²) in [5.74, 6) is -0.516. The number of halogens is 3. The van der Waals surface area contributed by atoms with E-state index < -0.39 is 6.61 Å². The molecule has 1 N–H and O–H groups in total. The third-order valence-corrected chi connectivity index (χ3v) is 4.29. The van der Waals surface area contributed by atoms with Crippen LogP contribution in [0.1, 0.15) is 5.56 Å². The minimum atomic E-state index is -2.87. The second-order valence-electron chi connectivity index (χ2n) is 6.47. The summed E-state index contributed by atoms with van der Waals surface area (Å²) in [6.07, 6.45) is 0. The Morgan fingerprint density at radius 1 is 1.07 bits per heavy atom. The van der Waals surface area contributed by atoms with E-state index in [9.17, 15) is 18.4 Å². The lowest BCUT2D eigenvalue weighted by Gasteiger charge is -2.22. The fourth-order valence-electron chi connectivity index (χ4n) is 2.55. The predicted octanol–water partition coefficient (Wildman–Crippen LogP) is 3.47. The van der Waals surface area contributed by atoms with Gasteiger partial charge in [-0.3, -0.25) is 14.5 Å². The van der Waals surface area contributed by atoms with E-state index in [1.165, 1.54) is 17.0 Å². The van der Waals surface area contributed by atoms with Gasteiger partial charge in [-0.05, 0) is 36.9 Å². The molecule has 29 heavy (non-hydrogen) atoms. The zero-order valence-electron chi connectivity index (χ0n) is 16.1. The second kappa shape index (κ2) is 10.7. The molecular formula is C20H22ClF2N3O3. The van der Waals surface area contributed by atoms with Crippen molar-refractivity contribution in [2.45, 2.75) is 13.2 Å². The highest BCUT2D eigenvalue weighted by molar-refractivity contribution is 6.33. The van der Waals surface area contributed by atoms with Crippen LogP contribution in [0.5, 0.6) is 5.75 Å². The largest absolute Gasteiger partial charge is 0.435 e. The minimum Gasteiger partial charge on any atom is -0.435 e. The Hall–Kier alpha value is -2.71. The second-order valence-corrected chi connectivity index (χ2v) is 6.88. The number of amides is 2. The molecule has 0 aliphatic heterocycles. The van der Waals surface area contributed by atoms with E-state index in [-0.39, 0.29) is 30.7 Å². The van der Waals surface area contributed by atoms with Crippen LogP contribution in [0.3, 0.4) is 0 Å². The number of carbonyl (C=O) groups excluding carboxylic acids is 2. The summed E-state index contributed by atoms with van der Waals surface area (Å²) >= 11 is 6.00. The number of nitrogens with one attached hydrogen (secondary N) is 1. The van der Waals surface area contributed by atoms with Gasteiger partial charge >= 0.3 is 6.61 Å². The van der Waals surface area contributed by atoms with Gasteiger partial charge in [0.2, 0.25) is 11.8 Å². The first kappa shape index (κ1) is 22.6. The van der Waals surface area contributed by atoms with E-state index >= 15 is 0 Å². The van der Waals surface area contributed by atoms with Crippen LogP contribution in [0, 0.1) is 0 Å². The number of benzene rings is 2. The molecule has 156 valence electrons. The number of hydrogen-bond donors (Lipinski definition) is 1. The number of ether oxygens (including phenoxy) is 1. The number of rotatable bonds is 9. The Labute approximate surface area is 173 Å². The molecule has 0 aliphatic rings.